The van der Waals surface area contributed by atoms with Crippen LogP contribution in [-0.4, -0.2) is 104 Å². The zero-order chi connectivity index (χ0) is 35.1. The highest BCUT2D eigenvalue weighted by Crippen LogP contribution is 2.39. The first-order chi connectivity index (χ1) is 22.6. The third-order valence-electron chi connectivity index (χ3n) is 8.28. The number of aliphatic hydroxyl groups excluding tert-OH is 2. The number of β-amino-alcohol motifs (C(OH)–C–C–N with tert-alkyl or cyclic N) is 2. The number of nitrogens with one attached hydrogen (secondary N) is 5. The van der Waals surface area contributed by atoms with Gasteiger partial charge in [-0.1, -0.05) is 60.7 Å². The number of benzene rings is 2. The lowest BCUT2D eigenvalue weighted by Crippen LogP contribution is -2.58. The molecule has 2 fully saturated rings. The summed E-state index contributed by atoms with van der Waals surface area (Å²) in [6.45, 7) is 9.96. The first-order valence-corrected chi connectivity index (χ1v) is 17.3. The summed E-state index contributed by atoms with van der Waals surface area (Å²) in [6, 6.07) is 16.4. The van der Waals surface area contributed by atoms with E-state index in [1.165, 1.54) is 11.8 Å². The summed E-state index contributed by atoms with van der Waals surface area (Å²) in [6.07, 6.45) is -1.32. The van der Waals surface area contributed by atoms with Crippen LogP contribution in [0.3, 0.4) is 0 Å². The van der Waals surface area contributed by atoms with Gasteiger partial charge < -0.3 is 31.5 Å². The first kappa shape index (κ1) is 37.3. The monoisotopic (exact) mass is 682 g/mol. The number of aliphatic hydroxyl groups is 2. The Kier molecular flexibility index (Phi) is 12.7. The van der Waals surface area contributed by atoms with Crippen LogP contribution in [0.5, 0.6) is 0 Å². The molecule has 0 saturated carbocycles. The van der Waals surface area contributed by atoms with E-state index in [1.54, 1.807) is 4.90 Å². The van der Waals surface area contributed by atoms with Gasteiger partial charge in [-0.2, -0.15) is 0 Å². The number of hydrogen-bond acceptors (Lipinski definition) is 9. The summed E-state index contributed by atoms with van der Waals surface area (Å²) in [5.41, 5.74) is 1.28. The van der Waals surface area contributed by atoms with E-state index in [0.717, 1.165) is 11.1 Å². The maximum atomic E-state index is 13.6. The Labute approximate surface area is 287 Å². The quantitative estimate of drug-likeness (QED) is 0.160. The molecular weight excluding hydrogens is 632 g/mol. The second-order valence-electron chi connectivity index (χ2n) is 14.1. The molecule has 4 amide bonds. The van der Waals surface area contributed by atoms with Crippen molar-refractivity contribution >= 4 is 35.4 Å². The van der Waals surface area contributed by atoms with Gasteiger partial charge in [-0.25, -0.2) is 0 Å². The van der Waals surface area contributed by atoms with Crippen LogP contribution < -0.4 is 26.6 Å². The smallest absolute Gasteiger partial charge is 0.245 e. The Hall–Kier alpha value is -3.49. The molecule has 2 aromatic carbocycles. The van der Waals surface area contributed by atoms with E-state index in [0.29, 0.717) is 0 Å². The Bertz CT molecular complexity index is 1410. The number of carbonyl (C=O) groups is 4. The number of amides is 4. The van der Waals surface area contributed by atoms with E-state index in [4.69, 9.17) is 0 Å². The Morgan fingerprint density at radius 2 is 1.60 bits per heavy atom. The average Bonchev–Trinajstić information content (AvgIpc) is 3.55. The van der Waals surface area contributed by atoms with Crippen molar-refractivity contribution in [1.29, 1.82) is 0 Å². The van der Waals surface area contributed by atoms with E-state index in [-0.39, 0.29) is 62.6 Å². The fraction of sp³-hybridized carbons (Fsp3) is 0.543. The highest BCUT2D eigenvalue weighted by molar-refractivity contribution is 8.01. The minimum absolute atomic E-state index is 0.0720. The Morgan fingerprint density at radius 3 is 2.23 bits per heavy atom. The van der Waals surface area contributed by atoms with Crippen molar-refractivity contribution < 1.29 is 29.4 Å². The van der Waals surface area contributed by atoms with Crippen molar-refractivity contribution in [2.75, 3.05) is 19.6 Å². The third-order valence-corrected chi connectivity index (χ3v) is 9.78. The minimum atomic E-state index is -0.995. The highest BCUT2D eigenvalue weighted by atomic mass is 32.2. The van der Waals surface area contributed by atoms with Crippen LogP contribution in [-0.2, 0) is 32.1 Å². The summed E-state index contributed by atoms with van der Waals surface area (Å²) in [7, 11) is 0. The third kappa shape index (κ3) is 10.8. The van der Waals surface area contributed by atoms with E-state index < -0.39 is 46.0 Å². The number of nitrogens with zero attached hydrogens (tertiary/aromatic N) is 1. The Morgan fingerprint density at radius 1 is 0.979 bits per heavy atom. The van der Waals surface area contributed by atoms with Gasteiger partial charge in [-0.05, 0) is 52.2 Å². The molecule has 2 heterocycles. The van der Waals surface area contributed by atoms with E-state index >= 15 is 0 Å². The molecule has 0 radical (unpaired) electrons. The van der Waals surface area contributed by atoms with Gasteiger partial charge >= 0.3 is 0 Å². The number of carbonyl (C=O) groups excluding carboxylic acids is 4. The summed E-state index contributed by atoms with van der Waals surface area (Å²) in [5, 5.41) is 35.3. The summed E-state index contributed by atoms with van der Waals surface area (Å²) < 4.78 is -0.670. The standard InChI is InChI=1S/C35H50N6O6S/c1-34(2,3)40-30(45)26-17-24(42)20-41(26)21-25(43)19-37-32(47)29-35(4,5)48-33(39-29)28(31(46)36-18-23-14-10-7-11-15-23)38-27(44)16-22-12-8-6-9-13-22/h6-15,24-26,28-29,33,39,42-43H,16-21H2,1-5H3,(H,36,46)(H,37,47)(H,38,44)(H,40,45)/t24-,25?,26+,28-,29+,33-/m1/s1. The average molecular weight is 683 g/mol. The summed E-state index contributed by atoms with van der Waals surface area (Å²) in [4.78, 5) is 54.8. The number of hydrogen-bond donors (Lipinski definition) is 7. The van der Waals surface area contributed by atoms with Crippen LogP contribution in [0.1, 0.15) is 52.2 Å². The first-order valence-electron chi connectivity index (χ1n) is 16.4. The van der Waals surface area contributed by atoms with Gasteiger partial charge in [0, 0.05) is 36.5 Å². The molecule has 0 aliphatic carbocycles. The van der Waals surface area contributed by atoms with Crippen LogP contribution in [0.4, 0.5) is 0 Å². The number of thioether (sulfide) groups is 1. The van der Waals surface area contributed by atoms with Crippen LogP contribution in [0, 0.1) is 0 Å². The molecule has 2 aliphatic heterocycles. The minimum Gasteiger partial charge on any atom is -0.392 e. The largest absolute Gasteiger partial charge is 0.392 e. The van der Waals surface area contributed by atoms with Gasteiger partial charge in [-0.3, -0.25) is 29.4 Å². The maximum Gasteiger partial charge on any atom is 0.245 e. The molecule has 12 nitrogen and oxygen atoms in total. The van der Waals surface area contributed by atoms with E-state index in [2.05, 4.69) is 26.6 Å². The molecule has 13 heteroatoms. The molecule has 2 aromatic rings. The van der Waals surface area contributed by atoms with Crippen LogP contribution >= 0.6 is 11.8 Å². The van der Waals surface area contributed by atoms with Crippen molar-refractivity contribution in [1.82, 2.24) is 31.5 Å². The van der Waals surface area contributed by atoms with E-state index in [1.807, 2.05) is 95.3 Å². The zero-order valence-electron chi connectivity index (χ0n) is 28.4. The fourth-order valence-electron chi connectivity index (χ4n) is 5.99. The molecule has 6 atom stereocenters. The molecule has 0 bridgehead atoms. The number of likely N-dealkylation sites (tertiary alicyclic amines) is 1. The van der Waals surface area contributed by atoms with Crippen molar-refractivity contribution in [2.24, 2.45) is 0 Å². The molecule has 0 spiro atoms. The highest BCUT2D eigenvalue weighted by Gasteiger charge is 2.49. The molecule has 1 unspecified atom stereocenters. The molecule has 7 N–H and O–H groups in total. The van der Waals surface area contributed by atoms with Gasteiger partial charge in [0.15, 0.2) is 0 Å². The van der Waals surface area contributed by atoms with Gasteiger partial charge in [0.05, 0.1) is 30.0 Å². The fourth-order valence-corrected chi connectivity index (χ4v) is 7.49. The summed E-state index contributed by atoms with van der Waals surface area (Å²) in [5.74, 6) is -1.28. The maximum absolute atomic E-state index is 13.6. The molecular formula is C35H50N6O6S. The SMILES string of the molecule is CC(C)(C)NC(=O)[C@@H]1C[C@@H](O)CN1CC(O)CNC(=O)[C@@H]1N[C@@H]([C@H](NC(=O)Cc2ccccc2)C(=O)NCc2ccccc2)SC1(C)C. The molecule has 0 aromatic heterocycles. The number of rotatable bonds is 13. The second kappa shape index (κ2) is 16.3. The molecule has 4 rings (SSSR count). The lowest BCUT2D eigenvalue weighted by molar-refractivity contribution is -0.129. The van der Waals surface area contributed by atoms with Crippen molar-refractivity contribution in [3.63, 3.8) is 0 Å². The van der Waals surface area contributed by atoms with Crippen LogP contribution in [0.15, 0.2) is 60.7 Å². The van der Waals surface area contributed by atoms with Crippen LogP contribution in [0.2, 0.25) is 0 Å². The lowest BCUT2D eigenvalue weighted by Gasteiger charge is -2.29. The Balaban J connectivity index is 1.38. The van der Waals surface area contributed by atoms with E-state index in [9.17, 15) is 29.4 Å². The van der Waals surface area contributed by atoms with Crippen molar-refractivity contribution in [2.45, 2.75) is 100.0 Å². The molecule has 262 valence electrons. The van der Waals surface area contributed by atoms with Crippen molar-refractivity contribution in [3.8, 4) is 0 Å². The molecule has 2 saturated heterocycles. The second-order valence-corrected chi connectivity index (χ2v) is 15.9. The van der Waals surface area contributed by atoms with Crippen LogP contribution in [0.25, 0.3) is 0 Å². The zero-order valence-corrected chi connectivity index (χ0v) is 29.2. The van der Waals surface area contributed by atoms with Gasteiger partial charge in [-0.15, -0.1) is 11.8 Å². The lowest BCUT2D eigenvalue weighted by atomic mass is 10.0. The molecule has 48 heavy (non-hydrogen) atoms. The topological polar surface area (TPSA) is 172 Å². The normalized spacial score (nSPS) is 23.6. The van der Waals surface area contributed by atoms with Gasteiger partial charge in [0.2, 0.25) is 23.6 Å². The molecule has 2 aliphatic rings. The van der Waals surface area contributed by atoms with Crippen molar-refractivity contribution in [3.05, 3.63) is 71.8 Å². The predicted octanol–water partition coefficient (Wildman–Crippen LogP) is 0.667. The summed E-state index contributed by atoms with van der Waals surface area (Å²) >= 11 is 1.39. The van der Waals surface area contributed by atoms with Gasteiger partial charge in [0.1, 0.15) is 12.1 Å². The predicted molar refractivity (Wildman–Crippen MR) is 186 cm³/mol. The van der Waals surface area contributed by atoms with Gasteiger partial charge in [0.25, 0.3) is 0 Å².